The van der Waals surface area contributed by atoms with Crippen LogP contribution in [-0.2, 0) is 16.1 Å². The summed E-state index contributed by atoms with van der Waals surface area (Å²) < 4.78 is 19.5. The number of ether oxygens (including phenoxy) is 1. The normalized spacial score (nSPS) is 11.6. The highest BCUT2D eigenvalue weighted by atomic mass is 79.9. The van der Waals surface area contributed by atoms with Crippen LogP contribution in [0.2, 0.25) is 5.02 Å². The zero-order valence-corrected chi connectivity index (χ0v) is 19.3. The summed E-state index contributed by atoms with van der Waals surface area (Å²) >= 11 is 9.28. The molecule has 5 nitrogen and oxygen atoms in total. The number of rotatable bonds is 10. The fourth-order valence-electron chi connectivity index (χ4n) is 2.72. The maximum absolute atomic E-state index is 13.2. The van der Waals surface area contributed by atoms with Crippen molar-refractivity contribution < 1.29 is 18.7 Å². The molecule has 0 aliphatic carbocycles. The number of carbonyl (C=O) groups is 2. The summed E-state index contributed by atoms with van der Waals surface area (Å²) in [5, 5.41) is 3.38. The Morgan fingerprint density at radius 3 is 2.57 bits per heavy atom. The van der Waals surface area contributed by atoms with Crippen LogP contribution in [0.25, 0.3) is 0 Å². The van der Waals surface area contributed by atoms with E-state index in [9.17, 15) is 14.0 Å². The van der Waals surface area contributed by atoms with Gasteiger partial charge >= 0.3 is 0 Å². The van der Waals surface area contributed by atoms with Gasteiger partial charge in [0.25, 0.3) is 5.91 Å². The van der Waals surface area contributed by atoms with Crippen LogP contribution in [0.1, 0.15) is 32.3 Å². The van der Waals surface area contributed by atoms with Crippen molar-refractivity contribution in [1.29, 1.82) is 0 Å². The van der Waals surface area contributed by atoms with Crippen LogP contribution >= 0.6 is 27.5 Å². The summed E-state index contributed by atoms with van der Waals surface area (Å²) in [4.78, 5) is 26.9. The van der Waals surface area contributed by atoms with E-state index in [4.69, 9.17) is 16.3 Å². The van der Waals surface area contributed by atoms with Gasteiger partial charge in [0.15, 0.2) is 6.61 Å². The Hall–Kier alpha value is -2.12. The first kappa shape index (κ1) is 24.2. The third-order valence-corrected chi connectivity index (χ3v) is 5.36. The molecule has 0 saturated carbocycles. The van der Waals surface area contributed by atoms with E-state index >= 15 is 0 Å². The number of nitrogens with zero attached hydrogens (tertiary/aromatic N) is 1. The van der Waals surface area contributed by atoms with Gasteiger partial charge < -0.3 is 15.0 Å². The monoisotopic (exact) mass is 498 g/mol. The minimum Gasteiger partial charge on any atom is -0.483 e. The van der Waals surface area contributed by atoms with E-state index in [1.807, 2.05) is 6.92 Å². The first-order valence-electron chi connectivity index (χ1n) is 9.71. The number of unbranched alkanes of at least 4 members (excludes halogenated alkanes) is 1. The first-order chi connectivity index (χ1) is 14.3. The Morgan fingerprint density at radius 1 is 1.23 bits per heavy atom. The number of hydrogen-bond donors (Lipinski definition) is 1. The molecule has 0 spiro atoms. The highest BCUT2D eigenvalue weighted by molar-refractivity contribution is 9.10. The standard InChI is InChI=1S/C22H25BrClFN2O3/c1-3-4-11-26-22(29)15(2)27(13-16-5-8-18(25)9-6-16)21(28)14-30-20-10-7-17(24)12-19(20)23/h5-10,12,15H,3-4,11,13-14H2,1-2H3,(H,26,29). The smallest absolute Gasteiger partial charge is 0.261 e. The van der Waals surface area contributed by atoms with Crippen LogP contribution in [0, 0.1) is 5.82 Å². The summed E-state index contributed by atoms with van der Waals surface area (Å²) in [5.74, 6) is -0.502. The van der Waals surface area contributed by atoms with Crippen molar-refractivity contribution in [2.75, 3.05) is 13.2 Å². The molecule has 1 N–H and O–H groups in total. The lowest BCUT2D eigenvalue weighted by Gasteiger charge is -2.29. The molecule has 0 saturated heterocycles. The predicted molar refractivity (Wildman–Crippen MR) is 119 cm³/mol. The second-order valence-electron chi connectivity index (χ2n) is 6.83. The van der Waals surface area contributed by atoms with Gasteiger partial charge in [-0.25, -0.2) is 4.39 Å². The van der Waals surface area contributed by atoms with E-state index in [1.165, 1.54) is 17.0 Å². The Morgan fingerprint density at radius 2 is 1.93 bits per heavy atom. The molecule has 1 atom stereocenters. The zero-order chi connectivity index (χ0) is 22.1. The van der Waals surface area contributed by atoms with Gasteiger partial charge in [-0.1, -0.05) is 37.1 Å². The van der Waals surface area contributed by atoms with Crippen LogP contribution < -0.4 is 10.1 Å². The number of amides is 2. The predicted octanol–water partition coefficient (Wildman–Crippen LogP) is 4.95. The van der Waals surface area contributed by atoms with Crippen molar-refractivity contribution in [3.63, 3.8) is 0 Å². The Bertz CT molecular complexity index is 864. The van der Waals surface area contributed by atoms with E-state index in [2.05, 4.69) is 21.2 Å². The van der Waals surface area contributed by atoms with Crippen LogP contribution in [-0.4, -0.2) is 35.9 Å². The first-order valence-corrected chi connectivity index (χ1v) is 10.9. The van der Waals surface area contributed by atoms with Gasteiger partial charge in [-0.3, -0.25) is 9.59 Å². The lowest BCUT2D eigenvalue weighted by atomic mass is 10.1. The van der Waals surface area contributed by atoms with Gasteiger partial charge in [0.05, 0.1) is 4.47 Å². The molecule has 1 unspecified atom stereocenters. The highest BCUT2D eigenvalue weighted by Crippen LogP contribution is 2.28. The van der Waals surface area contributed by atoms with E-state index in [0.717, 1.165) is 12.8 Å². The lowest BCUT2D eigenvalue weighted by molar-refractivity contribution is -0.142. The third-order valence-electron chi connectivity index (χ3n) is 4.51. The van der Waals surface area contributed by atoms with Gasteiger partial charge in [0.1, 0.15) is 17.6 Å². The molecule has 0 aromatic heterocycles. The van der Waals surface area contributed by atoms with E-state index in [-0.39, 0.29) is 30.8 Å². The molecular weight excluding hydrogens is 475 g/mol. The van der Waals surface area contributed by atoms with Crippen molar-refractivity contribution in [2.24, 2.45) is 0 Å². The molecule has 162 valence electrons. The van der Waals surface area contributed by atoms with Crippen molar-refractivity contribution in [3.05, 3.63) is 63.3 Å². The fraction of sp³-hybridized carbons (Fsp3) is 0.364. The van der Waals surface area contributed by atoms with E-state index in [0.29, 0.717) is 27.4 Å². The number of halogens is 3. The zero-order valence-electron chi connectivity index (χ0n) is 17.0. The molecule has 2 rings (SSSR count). The summed E-state index contributed by atoms with van der Waals surface area (Å²) in [6, 6.07) is 10.1. The van der Waals surface area contributed by atoms with Gasteiger partial charge in [-0.05, 0) is 65.2 Å². The third kappa shape index (κ3) is 7.29. The molecule has 0 bridgehead atoms. The molecule has 0 aliphatic rings. The van der Waals surface area contributed by atoms with Gasteiger partial charge in [-0.2, -0.15) is 0 Å². The summed E-state index contributed by atoms with van der Waals surface area (Å²) in [5.41, 5.74) is 0.714. The molecule has 0 heterocycles. The second kappa shape index (κ2) is 11.9. The number of nitrogens with one attached hydrogen (secondary N) is 1. The largest absolute Gasteiger partial charge is 0.483 e. The van der Waals surface area contributed by atoms with Crippen LogP contribution in [0.4, 0.5) is 4.39 Å². The van der Waals surface area contributed by atoms with E-state index < -0.39 is 6.04 Å². The average Bonchev–Trinajstić information content (AvgIpc) is 2.72. The summed E-state index contributed by atoms with van der Waals surface area (Å²) in [7, 11) is 0. The molecular formula is C22H25BrClFN2O3. The minimum atomic E-state index is -0.711. The second-order valence-corrected chi connectivity index (χ2v) is 8.12. The molecule has 0 aliphatic heterocycles. The molecule has 0 radical (unpaired) electrons. The Balaban J connectivity index is 2.12. The number of hydrogen-bond acceptors (Lipinski definition) is 3. The maximum atomic E-state index is 13.2. The molecule has 2 amide bonds. The van der Waals surface area contributed by atoms with Crippen LogP contribution in [0.3, 0.4) is 0 Å². The molecule has 8 heteroatoms. The molecule has 30 heavy (non-hydrogen) atoms. The Kier molecular flexibility index (Phi) is 9.59. The van der Waals surface area contributed by atoms with Crippen molar-refractivity contribution in [2.45, 2.75) is 39.3 Å². The van der Waals surface area contributed by atoms with Gasteiger partial charge in [0.2, 0.25) is 5.91 Å². The Labute approximate surface area is 189 Å². The maximum Gasteiger partial charge on any atom is 0.261 e. The quantitative estimate of drug-likeness (QED) is 0.470. The van der Waals surface area contributed by atoms with Gasteiger partial charge in [-0.15, -0.1) is 0 Å². The molecule has 0 fully saturated rings. The molecule has 2 aromatic carbocycles. The SMILES string of the molecule is CCCCNC(=O)C(C)N(Cc1ccc(F)cc1)C(=O)COc1ccc(Cl)cc1Br. The lowest BCUT2D eigenvalue weighted by Crippen LogP contribution is -2.49. The topological polar surface area (TPSA) is 58.6 Å². The average molecular weight is 500 g/mol. The minimum absolute atomic E-state index is 0.159. The number of carbonyl (C=O) groups excluding carboxylic acids is 2. The van der Waals surface area contributed by atoms with Crippen LogP contribution in [0.5, 0.6) is 5.75 Å². The summed E-state index contributed by atoms with van der Waals surface area (Å²) in [6.45, 7) is 4.15. The van der Waals surface area contributed by atoms with Crippen molar-refractivity contribution in [3.8, 4) is 5.75 Å². The fourth-order valence-corrected chi connectivity index (χ4v) is 3.52. The molecule has 2 aromatic rings. The van der Waals surface area contributed by atoms with Crippen molar-refractivity contribution in [1.82, 2.24) is 10.2 Å². The summed E-state index contributed by atoms with van der Waals surface area (Å²) in [6.07, 6.45) is 1.81. The van der Waals surface area contributed by atoms with E-state index in [1.54, 1.807) is 37.3 Å². The van der Waals surface area contributed by atoms with Crippen molar-refractivity contribution >= 4 is 39.3 Å². The number of benzene rings is 2. The highest BCUT2D eigenvalue weighted by Gasteiger charge is 2.26. The van der Waals surface area contributed by atoms with Gasteiger partial charge in [0, 0.05) is 18.1 Å². The van der Waals surface area contributed by atoms with Crippen LogP contribution in [0.15, 0.2) is 46.9 Å².